The van der Waals surface area contributed by atoms with Crippen LogP contribution in [-0.4, -0.2) is 20.6 Å². The second kappa shape index (κ2) is 7.35. The van der Waals surface area contributed by atoms with Gasteiger partial charge in [-0.1, -0.05) is 52.7 Å². The van der Waals surface area contributed by atoms with Crippen molar-refractivity contribution in [3.63, 3.8) is 0 Å². The fourth-order valence-electron chi connectivity index (χ4n) is 2.60. The van der Waals surface area contributed by atoms with Crippen molar-refractivity contribution in [1.82, 2.24) is 14.6 Å². The van der Waals surface area contributed by atoms with Gasteiger partial charge in [0, 0.05) is 6.92 Å². The third kappa shape index (κ3) is 3.52. The predicted molar refractivity (Wildman–Crippen MR) is 109 cm³/mol. The number of aromatic nitrogens is 3. The Morgan fingerprint density at radius 1 is 1.18 bits per heavy atom. The van der Waals surface area contributed by atoms with E-state index >= 15 is 0 Å². The summed E-state index contributed by atoms with van der Waals surface area (Å²) < 4.78 is 6.89. The fraction of sp³-hybridized carbons (Fsp3) is 0.0526. The number of ether oxygens (including phenoxy) is 1. The maximum absolute atomic E-state index is 12.7. The monoisotopic (exact) mass is 431 g/mol. The molecule has 0 unspecified atom stereocenters. The Morgan fingerprint density at radius 3 is 2.68 bits per heavy atom. The molecule has 0 saturated heterocycles. The predicted octanol–water partition coefficient (Wildman–Crippen LogP) is 3.60. The molecule has 4 aromatic rings. The highest BCUT2D eigenvalue weighted by molar-refractivity contribution is 7.15. The number of halogens is 2. The second-order valence-electron chi connectivity index (χ2n) is 5.81. The van der Waals surface area contributed by atoms with Crippen LogP contribution in [-0.2, 0) is 4.79 Å². The van der Waals surface area contributed by atoms with Gasteiger partial charge in [0.1, 0.15) is 5.75 Å². The lowest BCUT2D eigenvalue weighted by atomic mass is 10.2. The van der Waals surface area contributed by atoms with Crippen molar-refractivity contribution in [1.29, 1.82) is 0 Å². The van der Waals surface area contributed by atoms with E-state index in [1.54, 1.807) is 48.5 Å². The van der Waals surface area contributed by atoms with Crippen LogP contribution in [0.25, 0.3) is 22.4 Å². The summed E-state index contributed by atoms with van der Waals surface area (Å²) in [5, 5.41) is 5.14. The molecule has 4 rings (SSSR count). The van der Waals surface area contributed by atoms with Gasteiger partial charge in [0.15, 0.2) is 5.82 Å². The molecule has 0 radical (unpaired) electrons. The quantitative estimate of drug-likeness (QED) is 0.366. The van der Waals surface area contributed by atoms with Crippen molar-refractivity contribution in [3.05, 3.63) is 73.0 Å². The lowest BCUT2D eigenvalue weighted by Gasteiger charge is -2.04. The van der Waals surface area contributed by atoms with Gasteiger partial charge < -0.3 is 4.74 Å². The summed E-state index contributed by atoms with van der Waals surface area (Å²) in [7, 11) is 0. The number of carbonyl (C=O) groups excluding carboxylic acids is 1. The van der Waals surface area contributed by atoms with Crippen molar-refractivity contribution >= 4 is 51.5 Å². The van der Waals surface area contributed by atoms with Crippen LogP contribution in [0.4, 0.5) is 0 Å². The minimum absolute atomic E-state index is 0.296. The number of rotatable bonds is 3. The Labute approximate surface area is 172 Å². The number of carbonyl (C=O) groups is 1. The normalized spacial score (nSPS) is 11.9. The zero-order valence-corrected chi connectivity index (χ0v) is 16.7. The molecule has 9 heteroatoms. The Balaban J connectivity index is 1.79. The smallest absolute Gasteiger partial charge is 0.308 e. The van der Waals surface area contributed by atoms with Crippen LogP contribution in [0.15, 0.2) is 47.3 Å². The van der Waals surface area contributed by atoms with Gasteiger partial charge in [0.05, 0.1) is 20.1 Å². The zero-order valence-electron chi connectivity index (χ0n) is 14.3. The van der Waals surface area contributed by atoms with Crippen LogP contribution in [0.1, 0.15) is 12.5 Å². The number of hydrogen-bond donors (Lipinski definition) is 0. The molecule has 0 N–H and O–H groups in total. The molecule has 0 atom stereocenters. The van der Waals surface area contributed by atoms with E-state index in [1.807, 2.05) is 0 Å². The summed E-state index contributed by atoms with van der Waals surface area (Å²) in [6.45, 7) is 1.32. The van der Waals surface area contributed by atoms with Crippen LogP contribution >= 0.6 is 34.5 Å². The maximum atomic E-state index is 12.7. The number of thiazole rings is 1. The summed E-state index contributed by atoms with van der Waals surface area (Å²) in [6, 6.07) is 12.0. The summed E-state index contributed by atoms with van der Waals surface area (Å²) in [4.78, 5) is 28.8. The first-order valence-electron chi connectivity index (χ1n) is 8.06. The molecular weight excluding hydrogens is 421 g/mol. The molecule has 2 aromatic carbocycles. The summed E-state index contributed by atoms with van der Waals surface area (Å²) in [5.74, 6) is 0.195. The van der Waals surface area contributed by atoms with E-state index in [9.17, 15) is 9.59 Å². The van der Waals surface area contributed by atoms with Gasteiger partial charge in [-0.15, -0.1) is 5.10 Å². The molecule has 0 saturated carbocycles. The van der Waals surface area contributed by atoms with Gasteiger partial charge in [0.2, 0.25) is 4.96 Å². The van der Waals surface area contributed by atoms with E-state index in [0.717, 1.165) is 5.56 Å². The Bertz CT molecular complexity index is 1330. The summed E-state index contributed by atoms with van der Waals surface area (Å²) in [6.07, 6.45) is 1.71. The Morgan fingerprint density at radius 2 is 1.96 bits per heavy atom. The fourth-order valence-corrected chi connectivity index (χ4v) is 3.81. The topological polar surface area (TPSA) is 73.6 Å². The molecule has 2 aromatic heterocycles. The molecule has 0 aliphatic rings. The lowest BCUT2D eigenvalue weighted by Crippen LogP contribution is -2.23. The molecule has 0 amide bonds. The van der Waals surface area contributed by atoms with Crippen LogP contribution in [0, 0.1) is 0 Å². The first-order chi connectivity index (χ1) is 13.4. The molecule has 0 aliphatic heterocycles. The van der Waals surface area contributed by atoms with Crippen molar-refractivity contribution in [2.24, 2.45) is 0 Å². The maximum Gasteiger partial charge on any atom is 0.308 e. The molecule has 0 aliphatic carbocycles. The Kier molecular flexibility index (Phi) is 4.89. The van der Waals surface area contributed by atoms with E-state index in [4.69, 9.17) is 27.9 Å². The second-order valence-corrected chi connectivity index (χ2v) is 7.63. The number of fused-ring (bicyclic) bond motifs is 1. The van der Waals surface area contributed by atoms with Gasteiger partial charge in [-0.05, 0) is 35.9 Å². The van der Waals surface area contributed by atoms with Crippen molar-refractivity contribution in [3.8, 4) is 17.1 Å². The molecule has 140 valence electrons. The standard InChI is InChI=1S/C19H11Cl2N3O3S/c1-10(25)27-15-5-3-2-4-12(15)17-22-19-24(23-17)18(26)16(28-19)9-11-6-7-13(20)14(21)8-11/h2-9H,1H3. The van der Waals surface area contributed by atoms with Crippen LogP contribution < -0.4 is 14.8 Å². The highest BCUT2D eigenvalue weighted by atomic mass is 35.5. The molecule has 2 heterocycles. The molecule has 0 spiro atoms. The first kappa shape index (κ1) is 18.6. The molecule has 28 heavy (non-hydrogen) atoms. The SMILES string of the molecule is CC(=O)Oc1ccccc1-c1nc2sc(=Cc3ccc(Cl)c(Cl)c3)c(=O)n2n1. The average molecular weight is 432 g/mol. The van der Waals surface area contributed by atoms with Gasteiger partial charge in [-0.25, -0.2) is 0 Å². The van der Waals surface area contributed by atoms with Crippen molar-refractivity contribution in [2.75, 3.05) is 0 Å². The van der Waals surface area contributed by atoms with Gasteiger partial charge >= 0.3 is 5.97 Å². The van der Waals surface area contributed by atoms with E-state index in [-0.39, 0.29) is 5.56 Å². The average Bonchev–Trinajstić information content (AvgIpc) is 3.18. The van der Waals surface area contributed by atoms with E-state index < -0.39 is 5.97 Å². The largest absolute Gasteiger partial charge is 0.426 e. The number of hydrogen-bond acceptors (Lipinski definition) is 6. The summed E-state index contributed by atoms with van der Waals surface area (Å²) >= 11 is 13.1. The van der Waals surface area contributed by atoms with Crippen molar-refractivity contribution < 1.29 is 9.53 Å². The highest BCUT2D eigenvalue weighted by Gasteiger charge is 2.16. The zero-order chi connectivity index (χ0) is 19.8. The van der Waals surface area contributed by atoms with E-state index in [2.05, 4.69) is 10.1 Å². The van der Waals surface area contributed by atoms with Crippen LogP contribution in [0.3, 0.4) is 0 Å². The third-order valence-corrected chi connectivity index (χ3v) is 5.50. The van der Waals surface area contributed by atoms with Crippen LogP contribution in [0.2, 0.25) is 10.0 Å². The first-order valence-corrected chi connectivity index (χ1v) is 9.64. The van der Waals surface area contributed by atoms with Gasteiger partial charge in [-0.2, -0.15) is 9.50 Å². The number of benzene rings is 2. The molecule has 6 nitrogen and oxygen atoms in total. The number of para-hydroxylation sites is 1. The summed E-state index contributed by atoms with van der Waals surface area (Å²) in [5.41, 5.74) is 0.981. The lowest BCUT2D eigenvalue weighted by molar-refractivity contribution is -0.131. The Hall–Kier alpha value is -2.74. The minimum Gasteiger partial charge on any atom is -0.426 e. The number of nitrogens with zero attached hydrogens (tertiary/aromatic N) is 3. The third-order valence-electron chi connectivity index (χ3n) is 3.80. The van der Waals surface area contributed by atoms with Gasteiger partial charge in [0.25, 0.3) is 5.56 Å². The molecule has 0 fully saturated rings. The van der Waals surface area contributed by atoms with Crippen molar-refractivity contribution in [2.45, 2.75) is 6.92 Å². The highest BCUT2D eigenvalue weighted by Crippen LogP contribution is 2.28. The van der Waals surface area contributed by atoms with Crippen LogP contribution in [0.5, 0.6) is 5.75 Å². The molecular formula is C19H11Cl2N3O3S. The van der Waals surface area contributed by atoms with Gasteiger partial charge in [-0.3, -0.25) is 9.59 Å². The molecule has 0 bridgehead atoms. The number of esters is 1. The minimum atomic E-state index is -0.448. The van der Waals surface area contributed by atoms with E-state index in [1.165, 1.54) is 22.8 Å². The van der Waals surface area contributed by atoms with E-state index in [0.29, 0.717) is 36.7 Å².